The van der Waals surface area contributed by atoms with Crippen LogP contribution in [-0.4, -0.2) is 31.0 Å². The number of carboxylic acid groups (broad SMARTS) is 1. The standard InChI is InChI=1S/C12H14O4S/c1-15-9-5-6-11(10(8-9)16-2)17-7-3-4-12(13)14/h3-6,8H,7H2,1-2H3,(H,13,14)/b4-3+. The van der Waals surface area contributed by atoms with Gasteiger partial charge < -0.3 is 14.6 Å². The van der Waals surface area contributed by atoms with Crippen molar-refractivity contribution in [1.82, 2.24) is 0 Å². The third-order valence-corrected chi connectivity index (χ3v) is 2.97. The number of ether oxygens (including phenoxy) is 2. The molecule has 0 aliphatic carbocycles. The van der Waals surface area contributed by atoms with Crippen LogP contribution in [0, 0.1) is 0 Å². The molecule has 4 nitrogen and oxygen atoms in total. The van der Waals surface area contributed by atoms with Gasteiger partial charge in [-0.2, -0.15) is 0 Å². The highest BCUT2D eigenvalue weighted by atomic mass is 32.2. The number of carboxylic acids is 1. The van der Waals surface area contributed by atoms with Crippen molar-refractivity contribution < 1.29 is 19.4 Å². The fourth-order valence-corrected chi connectivity index (χ4v) is 2.00. The molecule has 92 valence electrons. The van der Waals surface area contributed by atoms with Crippen LogP contribution in [0.1, 0.15) is 0 Å². The van der Waals surface area contributed by atoms with E-state index in [-0.39, 0.29) is 0 Å². The van der Waals surface area contributed by atoms with Gasteiger partial charge >= 0.3 is 5.97 Å². The van der Waals surface area contributed by atoms with Gasteiger partial charge in [0, 0.05) is 22.8 Å². The lowest BCUT2D eigenvalue weighted by Crippen LogP contribution is -1.90. The molecule has 0 spiro atoms. The molecular weight excluding hydrogens is 240 g/mol. The first-order valence-electron chi connectivity index (χ1n) is 4.91. The van der Waals surface area contributed by atoms with Gasteiger partial charge in [0.05, 0.1) is 14.2 Å². The highest BCUT2D eigenvalue weighted by molar-refractivity contribution is 7.99. The summed E-state index contributed by atoms with van der Waals surface area (Å²) >= 11 is 1.50. The van der Waals surface area contributed by atoms with Gasteiger partial charge in [0.1, 0.15) is 11.5 Å². The molecule has 0 saturated carbocycles. The maximum absolute atomic E-state index is 10.3. The van der Waals surface area contributed by atoms with Crippen molar-refractivity contribution in [2.75, 3.05) is 20.0 Å². The van der Waals surface area contributed by atoms with Crippen LogP contribution in [0.4, 0.5) is 0 Å². The fourth-order valence-electron chi connectivity index (χ4n) is 1.18. The first-order chi connectivity index (χ1) is 8.17. The number of carbonyl (C=O) groups is 1. The molecule has 0 atom stereocenters. The van der Waals surface area contributed by atoms with Gasteiger partial charge in [-0.1, -0.05) is 6.08 Å². The molecule has 0 unspecified atom stereocenters. The third kappa shape index (κ3) is 4.40. The number of hydrogen-bond donors (Lipinski definition) is 1. The molecule has 1 rings (SSSR count). The van der Waals surface area contributed by atoms with E-state index in [1.807, 2.05) is 12.1 Å². The molecule has 0 heterocycles. The van der Waals surface area contributed by atoms with Crippen molar-refractivity contribution in [3.8, 4) is 11.5 Å². The van der Waals surface area contributed by atoms with E-state index in [9.17, 15) is 4.79 Å². The molecular formula is C12H14O4S. The predicted octanol–water partition coefficient (Wildman–Crippen LogP) is 2.44. The van der Waals surface area contributed by atoms with Crippen LogP contribution < -0.4 is 9.47 Å². The van der Waals surface area contributed by atoms with E-state index in [0.717, 1.165) is 22.5 Å². The van der Waals surface area contributed by atoms with E-state index in [1.165, 1.54) is 11.8 Å². The highest BCUT2D eigenvalue weighted by Crippen LogP contribution is 2.32. The number of methoxy groups -OCH3 is 2. The van der Waals surface area contributed by atoms with E-state index in [4.69, 9.17) is 14.6 Å². The first-order valence-corrected chi connectivity index (χ1v) is 5.90. The molecule has 0 aliphatic rings. The largest absolute Gasteiger partial charge is 0.497 e. The Morgan fingerprint density at radius 2 is 2.18 bits per heavy atom. The predicted molar refractivity (Wildman–Crippen MR) is 67.0 cm³/mol. The highest BCUT2D eigenvalue weighted by Gasteiger charge is 2.04. The molecule has 1 aromatic carbocycles. The van der Waals surface area contributed by atoms with Crippen LogP contribution in [0.3, 0.4) is 0 Å². The summed E-state index contributed by atoms with van der Waals surface area (Å²) in [6.07, 6.45) is 2.72. The average Bonchev–Trinajstić information content (AvgIpc) is 2.34. The maximum atomic E-state index is 10.3. The minimum absolute atomic E-state index is 0.578. The van der Waals surface area contributed by atoms with E-state index < -0.39 is 5.97 Å². The third-order valence-electron chi connectivity index (χ3n) is 1.97. The Kier molecular flexibility index (Phi) is 5.42. The van der Waals surface area contributed by atoms with Crippen LogP contribution in [0.2, 0.25) is 0 Å². The molecule has 0 bridgehead atoms. The second kappa shape index (κ2) is 6.85. The Labute approximate surface area is 104 Å². The van der Waals surface area contributed by atoms with Gasteiger partial charge in [-0.15, -0.1) is 11.8 Å². The molecule has 5 heteroatoms. The summed E-state index contributed by atoms with van der Waals surface area (Å²) in [6.45, 7) is 0. The lowest BCUT2D eigenvalue weighted by atomic mass is 10.3. The lowest BCUT2D eigenvalue weighted by Gasteiger charge is -2.08. The summed E-state index contributed by atoms with van der Waals surface area (Å²) in [7, 11) is 3.18. The minimum Gasteiger partial charge on any atom is -0.497 e. The Morgan fingerprint density at radius 1 is 1.41 bits per heavy atom. The Hall–Kier alpha value is -1.62. The van der Waals surface area contributed by atoms with Gasteiger partial charge in [-0.05, 0) is 12.1 Å². The van der Waals surface area contributed by atoms with Gasteiger partial charge in [0.15, 0.2) is 0 Å². The zero-order valence-electron chi connectivity index (χ0n) is 9.67. The first kappa shape index (κ1) is 13.4. The van der Waals surface area contributed by atoms with Gasteiger partial charge in [0.2, 0.25) is 0 Å². The summed E-state index contributed by atoms with van der Waals surface area (Å²) < 4.78 is 10.3. The number of thioether (sulfide) groups is 1. The molecule has 0 aromatic heterocycles. The topological polar surface area (TPSA) is 55.8 Å². The van der Waals surface area contributed by atoms with Gasteiger partial charge in [0.25, 0.3) is 0 Å². The second-order valence-corrected chi connectivity index (χ2v) is 4.13. The quantitative estimate of drug-likeness (QED) is 0.624. The number of aliphatic carboxylic acids is 1. The Morgan fingerprint density at radius 3 is 2.76 bits per heavy atom. The lowest BCUT2D eigenvalue weighted by molar-refractivity contribution is -0.131. The molecule has 0 fully saturated rings. The van der Waals surface area contributed by atoms with Crippen molar-refractivity contribution in [2.45, 2.75) is 4.90 Å². The van der Waals surface area contributed by atoms with Crippen molar-refractivity contribution in [1.29, 1.82) is 0 Å². The van der Waals surface area contributed by atoms with Crippen LogP contribution in [0.5, 0.6) is 11.5 Å². The monoisotopic (exact) mass is 254 g/mol. The van der Waals surface area contributed by atoms with E-state index in [1.54, 1.807) is 26.4 Å². The normalized spacial score (nSPS) is 10.5. The van der Waals surface area contributed by atoms with E-state index in [2.05, 4.69) is 0 Å². The fraction of sp³-hybridized carbons (Fsp3) is 0.250. The number of rotatable bonds is 6. The molecule has 17 heavy (non-hydrogen) atoms. The molecule has 0 radical (unpaired) electrons. The summed E-state index contributed by atoms with van der Waals surface area (Å²) in [6, 6.07) is 5.52. The molecule has 0 amide bonds. The van der Waals surface area contributed by atoms with Crippen molar-refractivity contribution in [2.24, 2.45) is 0 Å². The van der Waals surface area contributed by atoms with Crippen LogP contribution >= 0.6 is 11.8 Å². The van der Waals surface area contributed by atoms with E-state index >= 15 is 0 Å². The van der Waals surface area contributed by atoms with Crippen molar-refractivity contribution in [3.63, 3.8) is 0 Å². The van der Waals surface area contributed by atoms with Gasteiger partial charge in [-0.3, -0.25) is 0 Å². The molecule has 0 saturated heterocycles. The van der Waals surface area contributed by atoms with Gasteiger partial charge in [-0.25, -0.2) is 4.79 Å². The zero-order valence-corrected chi connectivity index (χ0v) is 10.5. The summed E-state index contributed by atoms with van der Waals surface area (Å²) in [4.78, 5) is 11.2. The molecule has 1 aromatic rings. The second-order valence-electron chi connectivity index (χ2n) is 3.07. The van der Waals surface area contributed by atoms with Crippen LogP contribution in [0.25, 0.3) is 0 Å². The zero-order chi connectivity index (χ0) is 12.7. The molecule has 0 aliphatic heterocycles. The van der Waals surface area contributed by atoms with Crippen LogP contribution in [0.15, 0.2) is 35.2 Å². The van der Waals surface area contributed by atoms with Crippen molar-refractivity contribution in [3.05, 3.63) is 30.4 Å². The number of benzene rings is 1. The average molecular weight is 254 g/mol. The molecule has 1 N–H and O–H groups in total. The van der Waals surface area contributed by atoms with E-state index in [0.29, 0.717) is 5.75 Å². The maximum Gasteiger partial charge on any atom is 0.328 e. The summed E-state index contributed by atoms with van der Waals surface area (Å²) in [5.74, 6) is 1.09. The smallest absolute Gasteiger partial charge is 0.328 e. The number of hydrogen-bond acceptors (Lipinski definition) is 4. The van der Waals surface area contributed by atoms with Crippen LogP contribution in [-0.2, 0) is 4.79 Å². The Balaban J connectivity index is 2.67. The Bertz CT molecular complexity index is 415. The van der Waals surface area contributed by atoms with Crippen molar-refractivity contribution >= 4 is 17.7 Å². The summed E-state index contributed by atoms with van der Waals surface area (Å²) in [5.41, 5.74) is 0. The minimum atomic E-state index is -0.938. The SMILES string of the molecule is COc1ccc(SC/C=C/C(=O)O)c(OC)c1. The summed E-state index contributed by atoms with van der Waals surface area (Å²) in [5, 5.41) is 8.44.